The monoisotopic (exact) mass is 367 g/mol. The van der Waals surface area contributed by atoms with Crippen LogP contribution in [0.3, 0.4) is 0 Å². The lowest BCUT2D eigenvalue weighted by molar-refractivity contribution is 0.294. The Kier molecular flexibility index (Phi) is 4.77. The van der Waals surface area contributed by atoms with Gasteiger partial charge in [-0.05, 0) is 69.7 Å². The SMILES string of the molecule is Cc1cccc(C)c1-c1cccc(COc2ccc(Br)cn2)c1. The normalized spacial score (nSPS) is 10.6. The number of ether oxygens (including phenoxy) is 1. The van der Waals surface area contributed by atoms with Crippen molar-refractivity contribution in [2.75, 3.05) is 0 Å². The number of benzene rings is 2. The van der Waals surface area contributed by atoms with E-state index in [1.54, 1.807) is 6.20 Å². The topological polar surface area (TPSA) is 22.1 Å². The Morgan fingerprint density at radius 1 is 0.957 bits per heavy atom. The van der Waals surface area contributed by atoms with Gasteiger partial charge in [-0.1, -0.05) is 36.4 Å². The number of rotatable bonds is 4. The molecule has 0 saturated heterocycles. The summed E-state index contributed by atoms with van der Waals surface area (Å²) < 4.78 is 6.71. The summed E-state index contributed by atoms with van der Waals surface area (Å²) in [6, 6.07) is 18.7. The maximum atomic E-state index is 5.77. The Morgan fingerprint density at radius 2 is 1.70 bits per heavy atom. The zero-order valence-electron chi connectivity index (χ0n) is 13.2. The third kappa shape index (κ3) is 3.80. The summed E-state index contributed by atoms with van der Waals surface area (Å²) in [5.74, 6) is 0.630. The predicted octanol–water partition coefficient (Wildman–Crippen LogP) is 5.71. The van der Waals surface area contributed by atoms with Crippen LogP contribution in [0, 0.1) is 13.8 Å². The van der Waals surface area contributed by atoms with E-state index in [1.807, 2.05) is 12.1 Å². The molecule has 0 aliphatic heterocycles. The lowest BCUT2D eigenvalue weighted by atomic mass is 9.95. The molecule has 3 aromatic rings. The van der Waals surface area contributed by atoms with Gasteiger partial charge in [-0.2, -0.15) is 0 Å². The number of pyridine rings is 1. The average molecular weight is 368 g/mol. The Labute approximate surface area is 145 Å². The first-order chi connectivity index (χ1) is 11.1. The van der Waals surface area contributed by atoms with Crippen molar-refractivity contribution in [2.24, 2.45) is 0 Å². The maximum Gasteiger partial charge on any atom is 0.213 e. The number of hydrogen-bond acceptors (Lipinski definition) is 2. The van der Waals surface area contributed by atoms with Crippen LogP contribution < -0.4 is 4.74 Å². The Hall–Kier alpha value is -2.13. The second-order valence-electron chi connectivity index (χ2n) is 5.57. The zero-order chi connectivity index (χ0) is 16.2. The van der Waals surface area contributed by atoms with E-state index < -0.39 is 0 Å². The van der Waals surface area contributed by atoms with Crippen LogP contribution in [-0.4, -0.2) is 4.98 Å². The summed E-state index contributed by atoms with van der Waals surface area (Å²) in [6.07, 6.45) is 1.74. The van der Waals surface area contributed by atoms with Gasteiger partial charge in [0.15, 0.2) is 0 Å². The number of halogens is 1. The fourth-order valence-electron chi connectivity index (χ4n) is 2.69. The summed E-state index contributed by atoms with van der Waals surface area (Å²) >= 11 is 3.37. The van der Waals surface area contributed by atoms with Crippen LogP contribution in [0.1, 0.15) is 16.7 Å². The average Bonchev–Trinajstić information content (AvgIpc) is 2.55. The highest BCUT2D eigenvalue weighted by molar-refractivity contribution is 9.10. The Morgan fingerprint density at radius 3 is 2.39 bits per heavy atom. The minimum atomic E-state index is 0.507. The van der Waals surface area contributed by atoms with E-state index >= 15 is 0 Å². The molecule has 2 aromatic carbocycles. The van der Waals surface area contributed by atoms with Gasteiger partial charge < -0.3 is 4.74 Å². The van der Waals surface area contributed by atoms with Crippen LogP contribution in [0.15, 0.2) is 65.3 Å². The summed E-state index contributed by atoms with van der Waals surface area (Å²) in [6.45, 7) is 4.81. The maximum absolute atomic E-state index is 5.77. The van der Waals surface area contributed by atoms with Gasteiger partial charge >= 0.3 is 0 Å². The van der Waals surface area contributed by atoms with Gasteiger partial charge in [0.05, 0.1) is 0 Å². The predicted molar refractivity (Wildman–Crippen MR) is 97.6 cm³/mol. The standard InChI is InChI=1S/C20H18BrNO/c1-14-5-3-6-15(2)20(14)17-8-4-7-16(11-17)13-23-19-10-9-18(21)12-22-19/h3-12H,13H2,1-2H3. The first kappa shape index (κ1) is 15.8. The lowest BCUT2D eigenvalue weighted by Gasteiger charge is -2.12. The zero-order valence-corrected chi connectivity index (χ0v) is 14.8. The Bertz CT molecular complexity index is 792. The molecule has 0 bridgehead atoms. The molecule has 0 fully saturated rings. The number of hydrogen-bond donors (Lipinski definition) is 0. The Balaban J connectivity index is 1.81. The lowest BCUT2D eigenvalue weighted by Crippen LogP contribution is -1.97. The molecule has 1 heterocycles. The second-order valence-corrected chi connectivity index (χ2v) is 6.49. The van der Waals surface area contributed by atoms with Gasteiger partial charge in [-0.15, -0.1) is 0 Å². The van der Waals surface area contributed by atoms with Crippen LogP contribution in [0.25, 0.3) is 11.1 Å². The van der Waals surface area contributed by atoms with Crippen LogP contribution in [0.2, 0.25) is 0 Å². The van der Waals surface area contributed by atoms with Crippen molar-refractivity contribution in [3.63, 3.8) is 0 Å². The van der Waals surface area contributed by atoms with Gasteiger partial charge in [-0.25, -0.2) is 4.98 Å². The molecule has 23 heavy (non-hydrogen) atoms. The second kappa shape index (κ2) is 6.97. The fraction of sp³-hybridized carbons (Fsp3) is 0.150. The molecule has 0 N–H and O–H groups in total. The number of nitrogens with zero attached hydrogens (tertiary/aromatic N) is 1. The van der Waals surface area contributed by atoms with E-state index in [2.05, 4.69) is 77.2 Å². The van der Waals surface area contributed by atoms with E-state index in [0.29, 0.717) is 12.5 Å². The summed E-state index contributed by atoms with van der Waals surface area (Å²) in [5.41, 5.74) is 6.24. The fourth-order valence-corrected chi connectivity index (χ4v) is 2.93. The van der Waals surface area contributed by atoms with E-state index in [4.69, 9.17) is 4.74 Å². The van der Waals surface area contributed by atoms with Crippen molar-refractivity contribution < 1.29 is 4.74 Å². The van der Waals surface area contributed by atoms with Crippen LogP contribution >= 0.6 is 15.9 Å². The van der Waals surface area contributed by atoms with E-state index in [9.17, 15) is 0 Å². The largest absolute Gasteiger partial charge is 0.473 e. The van der Waals surface area contributed by atoms with E-state index in [1.165, 1.54) is 22.3 Å². The third-order valence-electron chi connectivity index (χ3n) is 3.78. The van der Waals surface area contributed by atoms with Crippen molar-refractivity contribution in [3.05, 3.63) is 82.0 Å². The van der Waals surface area contributed by atoms with E-state index in [0.717, 1.165) is 10.0 Å². The molecule has 0 unspecified atom stereocenters. The molecule has 3 rings (SSSR count). The van der Waals surface area contributed by atoms with Gasteiger partial charge in [0.25, 0.3) is 0 Å². The van der Waals surface area contributed by atoms with Gasteiger partial charge in [0, 0.05) is 16.7 Å². The molecular weight excluding hydrogens is 350 g/mol. The minimum absolute atomic E-state index is 0.507. The molecule has 1 aromatic heterocycles. The highest BCUT2D eigenvalue weighted by atomic mass is 79.9. The third-order valence-corrected chi connectivity index (χ3v) is 4.25. The highest BCUT2D eigenvalue weighted by Gasteiger charge is 2.06. The molecule has 2 nitrogen and oxygen atoms in total. The van der Waals surface area contributed by atoms with Crippen molar-refractivity contribution in [1.82, 2.24) is 4.98 Å². The smallest absolute Gasteiger partial charge is 0.213 e. The van der Waals surface area contributed by atoms with Crippen LogP contribution in [-0.2, 0) is 6.61 Å². The van der Waals surface area contributed by atoms with E-state index in [-0.39, 0.29) is 0 Å². The molecule has 0 aliphatic carbocycles. The first-order valence-corrected chi connectivity index (χ1v) is 8.32. The highest BCUT2D eigenvalue weighted by Crippen LogP contribution is 2.28. The van der Waals surface area contributed by atoms with Crippen molar-refractivity contribution >= 4 is 15.9 Å². The van der Waals surface area contributed by atoms with Crippen molar-refractivity contribution in [3.8, 4) is 17.0 Å². The van der Waals surface area contributed by atoms with Crippen LogP contribution in [0.4, 0.5) is 0 Å². The molecule has 0 atom stereocenters. The number of aromatic nitrogens is 1. The quantitative estimate of drug-likeness (QED) is 0.589. The minimum Gasteiger partial charge on any atom is -0.473 e. The van der Waals surface area contributed by atoms with Crippen LogP contribution in [0.5, 0.6) is 5.88 Å². The first-order valence-electron chi connectivity index (χ1n) is 7.53. The van der Waals surface area contributed by atoms with Gasteiger partial charge in [-0.3, -0.25) is 0 Å². The molecule has 0 amide bonds. The molecule has 0 radical (unpaired) electrons. The summed E-state index contributed by atoms with van der Waals surface area (Å²) in [4.78, 5) is 4.23. The molecule has 0 spiro atoms. The molecule has 3 heteroatoms. The molecule has 0 aliphatic rings. The molecular formula is C20H18BrNO. The van der Waals surface area contributed by atoms with Crippen molar-refractivity contribution in [2.45, 2.75) is 20.5 Å². The summed E-state index contributed by atoms with van der Waals surface area (Å²) in [5, 5.41) is 0. The van der Waals surface area contributed by atoms with Gasteiger partial charge in [0.1, 0.15) is 6.61 Å². The number of aryl methyl sites for hydroxylation is 2. The van der Waals surface area contributed by atoms with Crippen molar-refractivity contribution in [1.29, 1.82) is 0 Å². The molecule has 0 saturated carbocycles. The molecule has 116 valence electrons. The van der Waals surface area contributed by atoms with Gasteiger partial charge in [0.2, 0.25) is 5.88 Å². The summed E-state index contributed by atoms with van der Waals surface area (Å²) in [7, 11) is 0.